The van der Waals surface area contributed by atoms with Crippen molar-refractivity contribution in [3.05, 3.63) is 34.3 Å². The van der Waals surface area contributed by atoms with Crippen LogP contribution in [0.5, 0.6) is 0 Å². The van der Waals surface area contributed by atoms with Crippen molar-refractivity contribution < 1.29 is 5.11 Å². The SMILES string of the molecule is CCCC([O])c1cccc(Br)c1. The standard InChI is InChI=1S/C10H12BrO/c1-2-4-10(12)8-5-3-6-9(11)7-8/h3,5-7,10H,2,4H2,1H3. The normalized spacial score (nSPS) is 12.9. The van der Waals surface area contributed by atoms with Gasteiger partial charge in [0.25, 0.3) is 0 Å². The van der Waals surface area contributed by atoms with Crippen LogP contribution in [-0.2, 0) is 5.11 Å². The Morgan fingerprint density at radius 1 is 1.50 bits per heavy atom. The molecule has 0 aliphatic carbocycles. The maximum absolute atomic E-state index is 11.5. The van der Waals surface area contributed by atoms with E-state index in [1.165, 1.54) is 0 Å². The van der Waals surface area contributed by atoms with Gasteiger partial charge in [-0.25, -0.2) is 5.11 Å². The van der Waals surface area contributed by atoms with Crippen molar-refractivity contribution in [2.24, 2.45) is 0 Å². The van der Waals surface area contributed by atoms with Crippen molar-refractivity contribution >= 4 is 15.9 Å². The Morgan fingerprint density at radius 2 is 2.25 bits per heavy atom. The van der Waals surface area contributed by atoms with Crippen LogP contribution in [0, 0.1) is 0 Å². The predicted molar refractivity (Wildman–Crippen MR) is 52.5 cm³/mol. The fraction of sp³-hybridized carbons (Fsp3) is 0.400. The topological polar surface area (TPSA) is 19.9 Å². The molecule has 1 unspecified atom stereocenters. The molecule has 0 aliphatic rings. The van der Waals surface area contributed by atoms with E-state index < -0.39 is 6.10 Å². The third-order valence-electron chi connectivity index (χ3n) is 1.77. The van der Waals surface area contributed by atoms with E-state index in [9.17, 15) is 5.11 Å². The van der Waals surface area contributed by atoms with Crippen LogP contribution < -0.4 is 0 Å². The quantitative estimate of drug-likeness (QED) is 0.751. The van der Waals surface area contributed by atoms with E-state index in [4.69, 9.17) is 0 Å². The molecule has 0 spiro atoms. The molecule has 1 rings (SSSR count). The minimum Gasteiger partial charge on any atom is -0.228 e. The summed E-state index contributed by atoms with van der Waals surface area (Å²) in [5.74, 6) is 0. The van der Waals surface area contributed by atoms with Crippen LogP contribution in [0.3, 0.4) is 0 Å². The van der Waals surface area contributed by atoms with Gasteiger partial charge in [-0.2, -0.15) is 0 Å². The first-order chi connectivity index (χ1) is 5.74. The number of rotatable bonds is 3. The first-order valence-electron chi connectivity index (χ1n) is 4.15. The van der Waals surface area contributed by atoms with E-state index in [-0.39, 0.29) is 0 Å². The summed E-state index contributed by atoms with van der Waals surface area (Å²) in [5.41, 5.74) is 0.881. The van der Waals surface area contributed by atoms with Gasteiger partial charge in [-0.1, -0.05) is 41.4 Å². The molecule has 1 aromatic rings. The molecule has 1 radical (unpaired) electrons. The molecule has 0 bridgehead atoms. The van der Waals surface area contributed by atoms with E-state index in [0.29, 0.717) is 0 Å². The molecule has 1 atom stereocenters. The lowest BCUT2D eigenvalue weighted by atomic mass is 10.1. The van der Waals surface area contributed by atoms with Gasteiger partial charge >= 0.3 is 0 Å². The summed E-state index contributed by atoms with van der Waals surface area (Å²) < 4.78 is 0.983. The minimum absolute atomic E-state index is 0.563. The number of halogens is 1. The van der Waals surface area contributed by atoms with Gasteiger partial charge in [-0.15, -0.1) is 0 Å². The summed E-state index contributed by atoms with van der Waals surface area (Å²) in [6.07, 6.45) is 1.10. The minimum atomic E-state index is -0.563. The highest BCUT2D eigenvalue weighted by molar-refractivity contribution is 9.10. The molecule has 0 heterocycles. The summed E-state index contributed by atoms with van der Waals surface area (Å²) in [6.45, 7) is 2.03. The maximum Gasteiger partial charge on any atom is 0.118 e. The second-order valence-electron chi connectivity index (χ2n) is 2.83. The summed E-state index contributed by atoms with van der Waals surface area (Å²) in [4.78, 5) is 0. The van der Waals surface area contributed by atoms with Crippen LogP contribution in [0.4, 0.5) is 0 Å². The zero-order chi connectivity index (χ0) is 8.97. The largest absolute Gasteiger partial charge is 0.228 e. The van der Waals surface area contributed by atoms with Crippen LogP contribution in [0.15, 0.2) is 28.7 Å². The predicted octanol–water partition coefficient (Wildman–Crippen LogP) is 3.72. The highest BCUT2D eigenvalue weighted by Crippen LogP contribution is 2.21. The Hall–Kier alpha value is -0.340. The van der Waals surface area contributed by atoms with E-state index in [0.717, 1.165) is 22.9 Å². The van der Waals surface area contributed by atoms with Gasteiger partial charge in [0.05, 0.1) is 0 Å². The third kappa shape index (κ3) is 2.61. The Bertz CT molecular complexity index is 247. The summed E-state index contributed by atoms with van der Waals surface area (Å²) >= 11 is 3.34. The molecule has 0 saturated carbocycles. The molecular weight excluding hydrogens is 216 g/mol. The van der Waals surface area contributed by atoms with Gasteiger partial charge in [0.2, 0.25) is 0 Å². The van der Waals surface area contributed by atoms with Crippen molar-refractivity contribution in [3.8, 4) is 0 Å². The van der Waals surface area contributed by atoms with Crippen LogP contribution >= 0.6 is 15.9 Å². The molecule has 0 saturated heterocycles. The molecule has 0 aromatic heterocycles. The molecule has 1 nitrogen and oxygen atoms in total. The number of hydrogen-bond acceptors (Lipinski definition) is 0. The van der Waals surface area contributed by atoms with Crippen LogP contribution in [0.25, 0.3) is 0 Å². The van der Waals surface area contributed by atoms with Gasteiger partial charge < -0.3 is 0 Å². The summed E-state index contributed by atoms with van der Waals surface area (Å²) in [5, 5.41) is 11.5. The zero-order valence-corrected chi connectivity index (χ0v) is 8.67. The number of hydrogen-bond donors (Lipinski definition) is 0. The summed E-state index contributed by atoms with van der Waals surface area (Å²) in [6, 6.07) is 7.62. The van der Waals surface area contributed by atoms with Gasteiger partial charge in [-0.3, -0.25) is 0 Å². The Morgan fingerprint density at radius 3 is 2.83 bits per heavy atom. The molecule has 1 aromatic carbocycles. The molecule has 0 amide bonds. The van der Waals surface area contributed by atoms with Crippen molar-refractivity contribution in [1.82, 2.24) is 0 Å². The fourth-order valence-corrected chi connectivity index (χ4v) is 1.55. The molecule has 2 heteroatoms. The molecule has 0 N–H and O–H groups in total. The van der Waals surface area contributed by atoms with Gasteiger partial charge in [0.1, 0.15) is 6.10 Å². The average Bonchev–Trinajstić information content (AvgIpc) is 2.05. The smallest absolute Gasteiger partial charge is 0.118 e. The first-order valence-corrected chi connectivity index (χ1v) is 4.94. The highest BCUT2D eigenvalue weighted by atomic mass is 79.9. The molecular formula is C10H12BrO. The monoisotopic (exact) mass is 227 g/mol. The second kappa shape index (κ2) is 4.63. The van der Waals surface area contributed by atoms with E-state index in [2.05, 4.69) is 15.9 Å². The zero-order valence-electron chi connectivity index (χ0n) is 7.09. The molecule has 12 heavy (non-hydrogen) atoms. The van der Waals surface area contributed by atoms with Crippen LogP contribution in [0.1, 0.15) is 31.4 Å². The maximum atomic E-state index is 11.5. The lowest BCUT2D eigenvalue weighted by Crippen LogP contribution is -1.93. The first kappa shape index (κ1) is 9.75. The Balaban J connectivity index is 2.73. The van der Waals surface area contributed by atoms with Gasteiger partial charge in [0.15, 0.2) is 0 Å². The van der Waals surface area contributed by atoms with E-state index >= 15 is 0 Å². The van der Waals surface area contributed by atoms with Crippen LogP contribution in [-0.4, -0.2) is 0 Å². The molecule has 0 fully saturated rings. The van der Waals surface area contributed by atoms with Crippen molar-refractivity contribution in [2.45, 2.75) is 25.9 Å². The second-order valence-corrected chi connectivity index (χ2v) is 3.75. The number of benzene rings is 1. The fourth-order valence-electron chi connectivity index (χ4n) is 1.14. The van der Waals surface area contributed by atoms with E-state index in [1.54, 1.807) is 0 Å². The Kier molecular flexibility index (Phi) is 3.76. The van der Waals surface area contributed by atoms with E-state index in [1.807, 2.05) is 31.2 Å². The molecule has 65 valence electrons. The molecule has 0 aliphatic heterocycles. The van der Waals surface area contributed by atoms with Crippen molar-refractivity contribution in [3.63, 3.8) is 0 Å². The van der Waals surface area contributed by atoms with Crippen molar-refractivity contribution in [1.29, 1.82) is 0 Å². The van der Waals surface area contributed by atoms with Crippen LogP contribution in [0.2, 0.25) is 0 Å². The lowest BCUT2D eigenvalue weighted by molar-refractivity contribution is 0.0805. The lowest BCUT2D eigenvalue weighted by Gasteiger charge is -2.06. The summed E-state index contributed by atoms with van der Waals surface area (Å²) in [7, 11) is 0. The van der Waals surface area contributed by atoms with Gasteiger partial charge in [-0.05, 0) is 24.1 Å². The average molecular weight is 228 g/mol. The highest BCUT2D eigenvalue weighted by Gasteiger charge is 2.07. The van der Waals surface area contributed by atoms with Crippen molar-refractivity contribution in [2.75, 3.05) is 0 Å². The van der Waals surface area contributed by atoms with Gasteiger partial charge in [0, 0.05) is 4.47 Å². The third-order valence-corrected chi connectivity index (χ3v) is 2.26. The Labute approximate surface area is 81.6 Å².